The summed E-state index contributed by atoms with van der Waals surface area (Å²) in [6.07, 6.45) is 5.01. The van der Waals surface area contributed by atoms with E-state index >= 15 is 4.79 Å². The van der Waals surface area contributed by atoms with Crippen molar-refractivity contribution in [3.8, 4) is 17.2 Å². The first kappa shape index (κ1) is 33.7. The second kappa shape index (κ2) is 12.8. The highest BCUT2D eigenvalue weighted by atomic mass is 16.5. The van der Waals surface area contributed by atoms with Crippen molar-refractivity contribution >= 4 is 29.3 Å². The van der Waals surface area contributed by atoms with Crippen molar-refractivity contribution in [1.82, 2.24) is 9.91 Å². The number of nitrogens with zero attached hydrogens (tertiary/aromatic N) is 2. The summed E-state index contributed by atoms with van der Waals surface area (Å²) in [7, 11) is 0. The molecule has 3 heterocycles. The van der Waals surface area contributed by atoms with Crippen LogP contribution in [0.4, 0.5) is 5.69 Å². The zero-order chi connectivity index (χ0) is 37.3. The predicted molar refractivity (Wildman–Crippen MR) is 199 cm³/mol. The summed E-state index contributed by atoms with van der Waals surface area (Å²) >= 11 is 0. The number of hydrogen-bond donors (Lipinski definition) is 3. The molecule has 3 N–H and O–H groups in total. The maximum atomic E-state index is 15.4. The van der Waals surface area contributed by atoms with Crippen LogP contribution < -0.4 is 10.2 Å². The summed E-state index contributed by atoms with van der Waals surface area (Å²) < 4.78 is 6.20. The van der Waals surface area contributed by atoms with Crippen molar-refractivity contribution < 1.29 is 34.1 Å². The van der Waals surface area contributed by atoms with E-state index in [1.807, 2.05) is 67.6 Å². The number of allylic oxidation sites excluding steroid dienone is 3. The standard InChI is InChI=1S/C44H39N3O7/c1-25-7-11-30(12-8-25)45-47-41(51)36-23-35-33(16-17-34-38(35)42(52)46(40(34)50)20-19-26-9-13-31(48)14-10-26)39(44(36,43(47)53)29-5-3-2-4-6-29)28-21-27-22-32(49)15-18-37(27)54-24-28/h2-16,18,22,24,34-36,38-39,45,48-49H,17,19-21,23H2,1H3. The molecule has 54 heavy (non-hydrogen) atoms. The molecular formula is C44H39N3O7. The number of hydrogen-bond acceptors (Lipinski definition) is 8. The van der Waals surface area contributed by atoms with E-state index in [1.165, 1.54) is 4.90 Å². The zero-order valence-electron chi connectivity index (χ0n) is 29.6. The van der Waals surface area contributed by atoms with Crippen molar-refractivity contribution in [3.05, 3.63) is 143 Å². The highest BCUT2D eigenvalue weighted by Gasteiger charge is 2.70. The molecule has 272 valence electrons. The predicted octanol–water partition coefficient (Wildman–Crippen LogP) is 5.99. The molecule has 6 atom stereocenters. The molecule has 0 radical (unpaired) electrons. The van der Waals surface area contributed by atoms with Crippen molar-refractivity contribution in [2.24, 2.45) is 29.6 Å². The average molecular weight is 722 g/mol. The molecule has 4 amide bonds. The van der Waals surface area contributed by atoms with Crippen LogP contribution in [0.25, 0.3) is 0 Å². The van der Waals surface area contributed by atoms with Gasteiger partial charge in [0.1, 0.15) is 17.2 Å². The lowest BCUT2D eigenvalue weighted by Gasteiger charge is -2.51. The van der Waals surface area contributed by atoms with Crippen LogP contribution in [0.2, 0.25) is 0 Å². The Kier molecular flexibility index (Phi) is 7.95. The smallest absolute Gasteiger partial charge is 0.260 e. The number of fused-ring (bicyclic) bond motifs is 5. The molecule has 5 aliphatic rings. The first-order valence-electron chi connectivity index (χ1n) is 18.4. The highest BCUT2D eigenvalue weighted by molar-refractivity contribution is 6.13. The number of phenolic OH excluding ortho intramolecular Hbond substituents is 2. The van der Waals surface area contributed by atoms with Crippen molar-refractivity contribution in [2.75, 3.05) is 12.0 Å². The lowest BCUT2D eigenvalue weighted by Crippen LogP contribution is -2.55. The number of amides is 4. The average Bonchev–Trinajstić information content (AvgIpc) is 3.55. The third-order valence-electron chi connectivity index (χ3n) is 12.2. The van der Waals surface area contributed by atoms with Gasteiger partial charge < -0.3 is 14.9 Å². The first-order valence-corrected chi connectivity index (χ1v) is 18.4. The monoisotopic (exact) mass is 721 g/mol. The Hall–Kier alpha value is -6.16. The molecule has 3 fully saturated rings. The number of ether oxygens (including phenoxy) is 1. The summed E-state index contributed by atoms with van der Waals surface area (Å²) in [4.78, 5) is 60.1. The second-order valence-corrected chi connectivity index (χ2v) is 15.1. The molecule has 4 aromatic rings. The lowest BCUT2D eigenvalue weighted by atomic mass is 9.48. The Balaban J connectivity index is 1.16. The molecule has 4 aromatic carbocycles. The summed E-state index contributed by atoms with van der Waals surface area (Å²) in [5.41, 5.74) is 7.26. The van der Waals surface area contributed by atoms with E-state index in [-0.39, 0.29) is 36.3 Å². The maximum Gasteiger partial charge on any atom is 0.260 e. The summed E-state index contributed by atoms with van der Waals surface area (Å²) in [5, 5.41) is 21.3. The number of carbonyl (C=O) groups is 4. The van der Waals surface area contributed by atoms with Gasteiger partial charge in [-0.05, 0) is 91.3 Å². The minimum Gasteiger partial charge on any atom is -0.508 e. The Morgan fingerprint density at radius 1 is 0.833 bits per heavy atom. The van der Waals surface area contributed by atoms with E-state index in [2.05, 4.69) is 5.43 Å². The van der Waals surface area contributed by atoms with E-state index in [0.29, 0.717) is 36.3 Å². The number of aromatic hydroxyl groups is 2. The molecule has 6 unspecified atom stereocenters. The fourth-order valence-electron chi connectivity index (χ4n) is 9.75. The van der Waals surface area contributed by atoms with Gasteiger partial charge >= 0.3 is 0 Å². The van der Waals surface area contributed by atoms with Crippen LogP contribution in [-0.2, 0) is 37.4 Å². The Morgan fingerprint density at radius 2 is 1.57 bits per heavy atom. The third kappa shape index (κ3) is 5.15. The fourth-order valence-corrected chi connectivity index (χ4v) is 9.75. The maximum absolute atomic E-state index is 15.4. The highest BCUT2D eigenvalue weighted by Crippen LogP contribution is 2.63. The quantitative estimate of drug-likeness (QED) is 0.157. The Bertz CT molecular complexity index is 2270. The molecule has 0 aromatic heterocycles. The van der Waals surface area contributed by atoms with Crippen molar-refractivity contribution in [3.63, 3.8) is 0 Å². The van der Waals surface area contributed by atoms with Gasteiger partial charge in [0.2, 0.25) is 11.8 Å². The summed E-state index contributed by atoms with van der Waals surface area (Å²) in [5.74, 6) is -3.83. The normalized spacial score (nSPS) is 27.0. The number of nitrogens with one attached hydrogen (secondary N) is 1. The van der Waals surface area contributed by atoms with Crippen LogP contribution in [0, 0.1) is 36.5 Å². The van der Waals surface area contributed by atoms with Gasteiger partial charge in [-0.3, -0.25) is 29.5 Å². The largest absolute Gasteiger partial charge is 0.508 e. The molecule has 3 aliphatic heterocycles. The first-order chi connectivity index (χ1) is 26.1. The molecule has 0 bridgehead atoms. The topological polar surface area (TPSA) is 136 Å². The molecule has 2 aliphatic carbocycles. The molecule has 0 spiro atoms. The minimum absolute atomic E-state index is 0.0820. The van der Waals surface area contributed by atoms with E-state index in [9.17, 15) is 24.6 Å². The molecule has 10 heteroatoms. The molecule has 1 saturated carbocycles. The van der Waals surface area contributed by atoms with E-state index in [0.717, 1.165) is 32.8 Å². The Morgan fingerprint density at radius 3 is 2.33 bits per heavy atom. The summed E-state index contributed by atoms with van der Waals surface area (Å²) in [6, 6.07) is 28.5. The van der Waals surface area contributed by atoms with E-state index in [1.54, 1.807) is 48.7 Å². The van der Waals surface area contributed by atoms with Crippen LogP contribution in [0.5, 0.6) is 17.2 Å². The van der Waals surface area contributed by atoms with Crippen molar-refractivity contribution in [2.45, 2.75) is 38.0 Å². The number of phenols is 2. The zero-order valence-corrected chi connectivity index (χ0v) is 29.6. The minimum atomic E-state index is -1.40. The number of rotatable bonds is 7. The van der Waals surface area contributed by atoms with Crippen LogP contribution >= 0.6 is 0 Å². The van der Waals surface area contributed by atoms with Crippen LogP contribution in [0.3, 0.4) is 0 Å². The summed E-state index contributed by atoms with van der Waals surface area (Å²) in [6.45, 7) is 2.16. The van der Waals surface area contributed by atoms with Gasteiger partial charge in [0.25, 0.3) is 11.8 Å². The number of aryl methyl sites for hydroxylation is 1. The van der Waals surface area contributed by atoms with Gasteiger partial charge in [-0.1, -0.05) is 71.8 Å². The molecule has 10 nitrogen and oxygen atoms in total. The van der Waals surface area contributed by atoms with Gasteiger partial charge in [0, 0.05) is 24.4 Å². The van der Waals surface area contributed by atoms with E-state index < -0.39 is 46.8 Å². The number of imide groups is 2. The van der Waals surface area contributed by atoms with E-state index in [4.69, 9.17) is 4.74 Å². The van der Waals surface area contributed by atoms with Crippen molar-refractivity contribution in [1.29, 1.82) is 0 Å². The van der Waals surface area contributed by atoms with Gasteiger partial charge in [0.15, 0.2) is 0 Å². The number of benzene rings is 4. The second-order valence-electron chi connectivity index (χ2n) is 15.1. The fraction of sp³-hybridized carbons (Fsp3) is 0.273. The number of anilines is 1. The number of likely N-dealkylation sites (tertiary alicyclic amines) is 1. The Labute approximate surface area is 312 Å². The molecule has 2 saturated heterocycles. The lowest BCUT2D eigenvalue weighted by molar-refractivity contribution is -0.141. The third-order valence-corrected chi connectivity index (χ3v) is 12.2. The van der Waals surface area contributed by atoms with Crippen LogP contribution in [0.1, 0.15) is 35.1 Å². The molecule has 9 rings (SSSR count). The molecular weight excluding hydrogens is 682 g/mol. The van der Waals surface area contributed by atoms with Gasteiger partial charge in [-0.2, -0.15) is 5.01 Å². The van der Waals surface area contributed by atoms with Gasteiger partial charge in [0.05, 0.1) is 35.1 Å². The SMILES string of the molecule is Cc1ccc(NN2C(=O)C3CC4C(=CCC5C(=O)N(CCc6ccc(O)cc6)C(=O)C54)C(C4=COc5ccc(O)cc5C4)C3(c3ccccc3)C2=O)cc1. The number of hydrazine groups is 1. The van der Waals surface area contributed by atoms with Crippen LogP contribution in [0.15, 0.2) is 121 Å². The van der Waals surface area contributed by atoms with Crippen LogP contribution in [-0.4, -0.2) is 50.3 Å². The number of carbonyl (C=O) groups excluding carboxylic acids is 4. The van der Waals surface area contributed by atoms with Gasteiger partial charge in [-0.15, -0.1) is 0 Å². The van der Waals surface area contributed by atoms with Gasteiger partial charge in [-0.25, -0.2) is 0 Å².